The van der Waals surface area contributed by atoms with Crippen LogP contribution in [0.2, 0.25) is 0 Å². The second-order valence-electron chi connectivity index (χ2n) is 9.56. The molecule has 1 unspecified atom stereocenters. The van der Waals surface area contributed by atoms with Crippen LogP contribution in [0.15, 0.2) is 47.4 Å². The summed E-state index contributed by atoms with van der Waals surface area (Å²) in [6.07, 6.45) is -0.237. The van der Waals surface area contributed by atoms with Gasteiger partial charge in [-0.05, 0) is 88.2 Å². The summed E-state index contributed by atoms with van der Waals surface area (Å²) in [6.45, 7) is 7.15. The number of ether oxygens (including phenoxy) is 2. The van der Waals surface area contributed by atoms with E-state index in [1.165, 1.54) is 31.4 Å². The van der Waals surface area contributed by atoms with E-state index in [9.17, 15) is 22.8 Å². The monoisotopic (exact) mass is 558 g/mol. The minimum Gasteiger partial charge on any atom is -0.497 e. The smallest absolute Gasteiger partial charge is 0.412 e. The number of rotatable bonds is 7. The number of thioether (sulfide) groups is 1. The first-order valence-corrected chi connectivity index (χ1v) is 14.1. The summed E-state index contributed by atoms with van der Waals surface area (Å²) in [4.78, 5) is 37.0. The van der Waals surface area contributed by atoms with Gasteiger partial charge in [0, 0.05) is 6.42 Å². The number of carbonyl (C=O) groups excluding carboxylic acids is 3. The summed E-state index contributed by atoms with van der Waals surface area (Å²) >= 11 is 0.475. The van der Waals surface area contributed by atoms with Gasteiger partial charge in [-0.3, -0.25) is 20.2 Å². The molecule has 1 fully saturated rings. The normalized spacial score (nSPS) is 17.3. The first-order chi connectivity index (χ1) is 17.8. The molecule has 3 rings (SSSR count). The van der Waals surface area contributed by atoms with Crippen molar-refractivity contribution in [2.24, 2.45) is 0 Å². The summed E-state index contributed by atoms with van der Waals surface area (Å²) in [7, 11) is -2.77. The Kier molecular flexibility index (Phi) is 8.79. The highest BCUT2D eigenvalue weighted by atomic mass is 32.3. The number of methoxy groups -OCH3 is 1. The first kappa shape index (κ1) is 29.1. The van der Waals surface area contributed by atoms with E-state index >= 15 is 0 Å². The van der Waals surface area contributed by atoms with Gasteiger partial charge >= 0.3 is 6.09 Å². The van der Waals surface area contributed by atoms with Gasteiger partial charge in [-0.2, -0.15) is 0 Å². The third-order valence-electron chi connectivity index (χ3n) is 5.55. The topological polar surface area (TPSA) is 128 Å². The Labute approximate surface area is 227 Å². The van der Waals surface area contributed by atoms with E-state index < -0.39 is 36.8 Å². The Hall–Kier alpha value is -3.49. The van der Waals surface area contributed by atoms with Gasteiger partial charge in [-0.25, -0.2) is 13.2 Å². The van der Waals surface area contributed by atoms with Crippen molar-refractivity contribution >= 4 is 44.5 Å². The third-order valence-corrected chi connectivity index (χ3v) is 9.62. The molecule has 1 saturated heterocycles. The largest absolute Gasteiger partial charge is 0.497 e. The van der Waals surface area contributed by atoms with Gasteiger partial charge in [0.2, 0.25) is 13.9 Å². The SMILES string of the molecule is COc1ccc(S(=O)(=O)C2(CCCC#Cc3c(C)cccc3NC(=O)OC(C)(C)C)SC(=O)NC2=O)cc1. The lowest BCUT2D eigenvalue weighted by molar-refractivity contribution is -0.120. The van der Waals surface area contributed by atoms with Crippen molar-refractivity contribution in [3.05, 3.63) is 53.6 Å². The molecule has 0 spiro atoms. The highest BCUT2D eigenvalue weighted by Gasteiger charge is 2.57. The second kappa shape index (κ2) is 11.5. The zero-order valence-corrected chi connectivity index (χ0v) is 23.5. The van der Waals surface area contributed by atoms with Crippen LogP contribution in [0.1, 0.15) is 51.2 Å². The maximum atomic E-state index is 13.5. The molecule has 2 aromatic carbocycles. The Morgan fingerprint density at radius 2 is 1.82 bits per heavy atom. The molecule has 38 heavy (non-hydrogen) atoms. The minimum absolute atomic E-state index is 0.0838. The number of sulfone groups is 1. The highest BCUT2D eigenvalue weighted by Crippen LogP contribution is 2.44. The number of carbonyl (C=O) groups is 3. The van der Waals surface area contributed by atoms with Crippen molar-refractivity contribution in [3.63, 3.8) is 0 Å². The molecule has 1 aliphatic rings. The maximum absolute atomic E-state index is 13.5. The summed E-state index contributed by atoms with van der Waals surface area (Å²) in [5.41, 5.74) is 1.26. The van der Waals surface area contributed by atoms with Crippen molar-refractivity contribution < 1.29 is 32.3 Å². The molecule has 0 bridgehead atoms. The number of imide groups is 1. The van der Waals surface area contributed by atoms with Crippen LogP contribution in [-0.4, -0.2) is 42.4 Å². The molecular formula is C27H30N2O7S2. The molecule has 11 heteroatoms. The number of nitrogens with one attached hydrogen (secondary N) is 2. The van der Waals surface area contributed by atoms with Crippen LogP contribution in [0.5, 0.6) is 5.75 Å². The predicted molar refractivity (Wildman–Crippen MR) is 146 cm³/mol. The Bertz CT molecular complexity index is 1400. The van der Waals surface area contributed by atoms with Crippen molar-refractivity contribution in [2.75, 3.05) is 12.4 Å². The van der Waals surface area contributed by atoms with Crippen LogP contribution < -0.4 is 15.4 Å². The maximum Gasteiger partial charge on any atom is 0.412 e. The fourth-order valence-electron chi connectivity index (χ4n) is 3.74. The number of benzene rings is 2. The van der Waals surface area contributed by atoms with Gasteiger partial charge in [-0.1, -0.05) is 24.0 Å². The molecule has 1 atom stereocenters. The number of hydrogen-bond donors (Lipinski definition) is 2. The molecule has 2 N–H and O–H groups in total. The van der Waals surface area contributed by atoms with Crippen molar-refractivity contribution in [1.82, 2.24) is 5.32 Å². The molecule has 0 saturated carbocycles. The molecular weight excluding hydrogens is 528 g/mol. The minimum atomic E-state index is -4.22. The van der Waals surface area contributed by atoms with Crippen LogP contribution >= 0.6 is 11.8 Å². The van der Waals surface area contributed by atoms with Crippen molar-refractivity contribution in [1.29, 1.82) is 0 Å². The van der Waals surface area contributed by atoms with E-state index in [4.69, 9.17) is 9.47 Å². The van der Waals surface area contributed by atoms with E-state index in [-0.39, 0.29) is 24.2 Å². The number of aryl methyl sites for hydroxylation is 1. The quantitative estimate of drug-likeness (QED) is 0.358. The first-order valence-electron chi connectivity index (χ1n) is 11.8. The summed E-state index contributed by atoms with van der Waals surface area (Å²) in [5, 5.41) is 4.11. The van der Waals surface area contributed by atoms with Crippen LogP contribution in [-0.2, 0) is 19.4 Å². The summed E-state index contributed by atoms with van der Waals surface area (Å²) < 4.78 is 35.5. The summed E-state index contributed by atoms with van der Waals surface area (Å²) in [6, 6.07) is 11.0. The third kappa shape index (κ3) is 6.49. The lowest BCUT2D eigenvalue weighted by Crippen LogP contribution is -2.43. The van der Waals surface area contributed by atoms with Crippen molar-refractivity contribution in [3.8, 4) is 17.6 Å². The van der Waals surface area contributed by atoms with Gasteiger partial charge in [0.05, 0.1) is 23.3 Å². The van der Waals surface area contributed by atoms with Gasteiger partial charge in [0.1, 0.15) is 11.4 Å². The van der Waals surface area contributed by atoms with E-state index in [2.05, 4.69) is 22.5 Å². The second-order valence-corrected chi connectivity index (χ2v) is 13.3. The molecule has 1 heterocycles. The lowest BCUT2D eigenvalue weighted by Gasteiger charge is -2.24. The van der Waals surface area contributed by atoms with E-state index in [1.807, 2.05) is 13.0 Å². The Morgan fingerprint density at radius 1 is 1.13 bits per heavy atom. The van der Waals surface area contributed by atoms with Gasteiger partial charge in [-0.15, -0.1) is 0 Å². The number of anilines is 1. The van der Waals surface area contributed by atoms with E-state index in [0.717, 1.165) is 5.56 Å². The van der Waals surface area contributed by atoms with E-state index in [1.54, 1.807) is 32.9 Å². The van der Waals surface area contributed by atoms with Crippen molar-refractivity contribution in [2.45, 2.75) is 61.5 Å². The Balaban J connectivity index is 1.78. The highest BCUT2D eigenvalue weighted by molar-refractivity contribution is 8.25. The van der Waals surface area contributed by atoms with Crippen LogP contribution in [0.25, 0.3) is 0 Å². The molecule has 3 amide bonds. The zero-order chi connectivity index (χ0) is 28.1. The zero-order valence-electron chi connectivity index (χ0n) is 21.8. The molecule has 1 aliphatic heterocycles. The molecule has 9 nitrogen and oxygen atoms in total. The molecule has 0 aromatic heterocycles. The van der Waals surface area contributed by atoms with Gasteiger partial charge < -0.3 is 9.47 Å². The number of unbranched alkanes of at least 4 members (excludes halogenated alkanes) is 1. The van der Waals surface area contributed by atoms with Gasteiger partial charge in [0.15, 0.2) is 0 Å². The summed E-state index contributed by atoms with van der Waals surface area (Å²) in [5.74, 6) is 5.63. The predicted octanol–water partition coefficient (Wildman–Crippen LogP) is 5.03. The van der Waals surface area contributed by atoms with E-state index in [0.29, 0.717) is 28.8 Å². The fourth-order valence-corrected chi connectivity index (χ4v) is 7.11. The average Bonchev–Trinajstić information content (AvgIpc) is 3.13. The van der Waals surface area contributed by atoms with Gasteiger partial charge in [0.25, 0.3) is 11.1 Å². The van der Waals surface area contributed by atoms with Crippen LogP contribution in [0, 0.1) is 18.8 Å². The Morgan fingerprint density at radius 3 is 2.39 bits per heavy atom. The average molecular weight is 559 g/mol. The fraction of sp³-hybridized carbons (Fsp3) is 0.370. The number of hydrogen-bond acceptors (Lipinski definition) is 8. The molecule has 0 aliphatic carbocycles. The standard InChI is InChI=1S/C27H30N2O7S2/c1-18-10-9-12-22(28-24(31)36-26(2,3)4)21(18)11-7-6-8-17-27(23(30)29-25(32)37-27)38(33,34)20-15-13-19(35-5)14-16-20/h9-10,12-16H,6,8,17H2,1-5H3,(H,28,31)(H,29,30,32). The van der Waals surface area contributed by atoms with Crippen LogP contribution in [0.4, 0.5) is 15.3 Å². The molecule has 202 valence electrons. The molecule has 0 radical (unpaired) electrons. The number of amides is 3. The molecule has 2 aromatic rings. The lowest BCUT2D eigenvalue weighted by atomic mass is 10.1. The van der Waals surface area contributed by atoms with Crippen LogP contribution in [0.3, 0.4) is 0 Å².